The van der Waals surface area contributed by atoms with Gasteiger partial charge < -0.3 is 10.1 Å². The molecule has 7 nitrogen and oxygen atoms in total. The van der Waals surface area contributed by atoms with Gasteiger partial charge in [-0.05, 0) is 6.42 Å². The zero-order valence-electron chi connectivity index (χ0n) is 10.9. The Labute approximate surface area is 115 Å². The summed E-state index contributed by atoms with van der Waals surface area (Å²) in [5.41, 5.74) is 0. The van der Waals surface area contributed by atoms with Crippen molar-refractivity contribution in [2.45, 2.75) is 11.6 Å². The molecule has 0 radical (unpaired) electrons. The summed E-state index contributed by atoms with van der Waals surface area (Å²) in [4.78, 5) is 17.0. The maximum absolute atomic E-state index is 5.02. The molecule has 0 fully saturated rings. The van der Waals surface area contributed by atoms with E-state index in [1.165, 1.54) is 0 Å². The molecular formula is C11H16N6OS. The van der Waals surface area contributed by atoms with Gasteiger partial charge in [-0.15, -0.1) is 0 Å². The predicted molar refractivity (Wildman–Crippen MR) is 73.7 cm³/mol. The lowest BCUT2D eigenvalue weighted by Crippen LogP contribution is -2.06. The molecule has 19 heavy (non-hydrogen) atoms. The molecule has 102 valence electrons. The van der Waals surface area contributed by atoms with Gasteiger partial charge in [0.2, 0.25) is 11.9 Å². The number of hydrogen-bond acceptors (Lipinski definition) is 7. The Kier molecular flexibility index (Phi) is 5.10. The summed E-state index contributed by atoms with van der Waals surface area (Å²) in [6, 6.07) is 0. The van der Waals surface area contributed by atoms with Crippen LogP contribution in [-0.2, 0) is 4.74 Å². The molecule has 0 atom stereocenters. The highest BCUT2D eigenvalue weighted by molar-refractivity contribution is 7.99. The molecule has 0 aliphatic heterocycles. The molecule has 0 saturated heterocycles. The number of nitrogens with one attached hydrogen (secondary N) is 1. The van der Waals surface area contributed by atoms with Crippen LogP contribution in [0.25, 0.3) is 5.95 Å². The Morgan fingerprint density at radius 1 is 1.37 bits per heavy atom. The summed E-state index contributed by atoms with van der Waals surface area (Å²) in [6.07, 6.45) is 6.11. The van der Waals surface area contributed by atoms with Crippen molar-refractivity contribution in [1.29, 1.82) is 0 Å². The lowest BCUT2D eigenvalue weighted by Gasteiger charge is -2.06. The molecule has 0 bridgehead atoms. The summed E-state index contributed by atoms with van der Waals surface area (Å²) in [5.74, 6) is 2.02. The van der Waals surface area contributed by atoms with Crippen molar-refractivity contribution in [3.63, 3.8) is 0 Å². The minimum Gasteiger partial charge on any atom is -0.385 e. The topological polar surface area (TPSA) is 77.8 Å². The molecule has 0 aromatic carbocycles. The minimum absolute atomic E-state index is 0.549. The van der Waals surface area contributed by atoms with Crippen molar-refractivity contribution in [1.82, 2.24) is 24.5 Å². The molecular weight excluding hydrogens is 264 g/mol. The van der Waals surface area contributed by atoms with Gasteiger partial charge in [-0.3, -0.25) is 4.57 Å². The highest BCUT2D eigenvalue weighted by Crippen LogP contribution is 2.16. The second kappa shape index (κ2) is 7.05. The third-order valence-corrected chi connectivity index (χ3v) is 3.22. The molecule has 0 aliphatic carbocycles. The van der Waals surface area contributed by atoms with Crippen LogP contribution < -0.4 is 5.32 Å². The largest absolute Gasteiger partial charge is 0.385 e. The van der Waals surface area contributed by atoms with Crippen molar-refractivity contribution in [3.8, 4) is 5.95 Å². The van der Waals surface area contributed by atoms with Gasteiger partial charge in [-0.1, -0.05) is 11.8 Å². The van der Waals surface area contributed by atoms with Crippen molar-refractivity contribution in [2.75, 3.05) is 31.8 Å². The SMILES string of the molecule is CNc1nc(SCCCOC)nc(-n2ccnc2)n1. The second-order valence-corrected chi connectivity index (χ2v) is 4.72. The molecule has 8 heteroatoms. The first-order valence-electron chi connectivity index (χ1n) is 5.87. The molecule has 1 N–H and O–H groups in total. The predicted octanol–water partition coefficient (Wildman–Crippen LogP) is 1.23. The number of thioether (sulfide) groups is 1. The molecule has 0 aliphatic rings. The van der Waals surface area contributed by atoms with E-state index in [1.807, 2.05) is 0 Å². The van der Waals surface area contributed by atoms with E-state index in [0.717, 1.165) is 18.8 Å². The van der Waals surface area contributed by atoms with Gasteiger partial charge in [-0.2, -0.15) is 15.0 Å². The van der Waals surface area contributed by atoms with Gasteiger partial charge >= 0.3 is 0 Å². The maximum Gasteiger partial charge on any atom is 0.240 e. The first-order valence-corrected chi connectivity index (χ1v) is 6.86. The van der Waals surface area contributed by atoms with E-state index >= 15 is 0 Å². The molecule has 0 saturated carbocycles. The number of nitrogens with zero attached hydrogens (tertiary/aromatic N) is 5. The number of aromatic nitrogens is 5. The van der Waals surface area contributed by atoms with Crippen LogP contribution >= 0.6 is 11.8 Å². The summed E-state index contributed by atoms with van der Waals surface area (Å²) in [7, 11) is 3.48. The van der Waals surface area contributed by atoms with Crippen LogP contribution in [0, 0.1) is 0 Å². The molecule has 2 heterocycles. The third-order valence-electron chi connectivity index (χ3n) is 2.29. The number of methoxy groups -OCH3 is 1. The van der Waals surface area contributed by atoms with Crippen LogP contribution in [0.15, 0.2) is 23.9 Å². The normalized spacial score (nSPS) is 10.6. The first-order chi connectivity index (χ1) is 9.33. The number of anilines is 1. The Morgan fingerprint density at radius 2 is 2.26 bits per heavy atom. The number of imidazole rings is 1. The highest BCUT2D eigenvalue weighted by Gasteiger charge is 2.07. The fourth-order valence-electron chi connectivity index (χ4n) is 1.38. The average molecular weight is 280 g/mol. The minimum atomic E-state index is 0.549. The third kappa shape index (κ3) is 3.90. The van der Waals surface area contributed by atoms with E-state index < -0.39 is 0 Å². The van der Waals surface area contributed by atoms with Crippen LogP contribution in [0.5, 0.6) is 0 Å². The highest BCUT2D eigenvalue weighted by atomic mass is 32.2. The smallest absolute Gasteiger partial charge is 0.240 e. The number of hydrogen-bond donors (Lipinski definition) is 1. The van der Waals surface area contributed by atoms with Crippen molar-refractivity contribution < 1.29 is 4.74 Å². The van der Waals surface area contributed by atoms with E-state index in [2.05, 4.69) is 25.3 Å². The maximum atomic E-state index is 5.02. The van der Waals surface area contributed by atoms with Crippen LogP contribution in [-0.4, -0.2) is 51.0 Å². The lowest BCUT2D eigenvalue weighted by molar-refractivity contribution is 0.200. The lowest BCUT2D eigenvalue weighted by atomic mass is 10.5. The Balaban J connectivity index is 2.12. The zero-order chi connectivity index (χ0) is 13.5. The van der Waals surface area contributed by atoms with Crippen molar-refractivity contribution >= 4 is 17.7 Å². The van der Waals surface area contributed by atoms with Crippen LogP contribution in [0.4, 0.5) is 5.95 Å². The van der Waals surface area contributed by atoms with Crippen LogP contribution in [0.1, 0.15) is 6.42 Å². The van der Waals surface area contributed by atoms with Gasteiger partial charge in [0.15, 0.2) is 5.16 Å². The molecule has 2 aromatic heterocycles. The van der Waals surface area contributed by atoms with Crippen molar-refractivity contribution in [2.24, 2.45) is 0 Å². The van der Waals surface area contributed by atoms with Gasteiger partial charge in [-0.25, -0.2) is 4.98 Å². The fourth-order valence-corrected chi connectivity index (χ4v) is 2.12. The van der Waals surface area contributed by atoms with E-state index in [1.54, 1.807) is 49.2 Å². The summed E-state index contributed by atoms with van der Waals surface area (Å²) >= 11 is 1.59. The van der Waals surface area contributed by atoms with Gasteiger partial charge in [0.05, 0.1) is 0 Å². The van der Waals surface area contributed by atoms with Crippen LogP contribution in [0.3, 0.4) is 0 Å². The second-order valence-electron chi connectivity index (χ2n) is 3.66. The van der Waals surface area contributed by atoms with E-state index in [-0.39, 0.29) is 0 Å². The molecule has 2 aromatic rings. The number of rotatable bonds is 7. The molecule has 0 spiro atoms. The van der Waals surface area contributed by atoms with Gasteiger partial charge in [0.25, 0.3) is 0 Å². The van der Waals surface area contributed by atoms with Gasteiger partial charge in [0.1, 0.15) is 6.33 Å². The summed E-state index contributed by atoms with van der Waals surface area (Å²) < 4.78 is 6.77. The Morgan fingerprint density at radius 3 is 2.95 bits per heavy atom. The first kappa shape index (κ1) is 13.8. The molecule has 0 amide bonds. The molecule has 2 rings (SSSR count). The Bertz CT molecular complexity index is 504. The van der Waals surface area contributed by atoms with Crippen molar-refractivity contribution in [3.05, 3.63) is 18.7 Å². The zero-order valence-corrected chi connectivity index (χ0v) is 11.7. The van der Waals surface area contributed by atoms with Gasteiger partial charge in [0, 0.05) is 38.9 Å². The average Bonchev–Trinajstić information content (AvgIpc) is 2.97. The van der Waals surface area contributed by atoms with E-state index in [4.69, 9.17) is 4.74 Å². The fraction of sp³-hybridized carbons (Fsp3) is 0.455. The summed E-state index contributed by atoms with van der Waals surface area (Å²) in [6.45, 7) is 0.741. The van der Waals surface area contributed by atoms with E-state index in [0.29, 0.717) is 17.1 Å². The standard InChI is InChI=1S/C11H16N6OS/c1-12-9-14-10(17-5-4-13-8-17)16-11(15-9)19-7-3-6-18-2/h4-5,8H,3,6-7H2,1-2H3,(H,12,14,15,16). The quantitative estimate of drug-likeness (QED) is 0.603. The monoisotopic (exact) mass is 280 g/mol. The number of ether oxygens (including phenoxy) is 1. The van der Waals surface area contributed by atoms with E-state index in [9.17, 15) is 0 Å². The molecule has 0 unspecified atom stereocenters. The Hall–Kier alpha value is -1.67. The van der Waals surface area contributed by atoms with Crippen LogP contribution in [0.2, 0.25) is 0 Å². The summed E-state index contributed by atoms with van der Waals surface area (Å²) in [5, 5.41) is 3.63.